The number of hydrogen-bond donors (Lipinski definition) is 1. The first-order valence-electron chi connectivity index (χ1n) is 7.01. The predicted molar refractivity (Wildman–Crippen MR) is 75.2 cm³/mol. The van der Waals surface area contributed by atoms with Crippen molar-refractivity contribution in [2.24, 2.45) is 0 Å². The second kappa shape index (κ2) is 5.53. The summed E-state index contributed by atoms with van der Waals surface area (Å²) in [4.78, 5) is 8.66. The molecule has 0 bridgehead atoms. The van der Waals surface area contributed by atoms with Crippen molar-refractivity contribution in [3.8, 4) is 5.82 Å². The molecule has 0 atom stereocenters. The van der Waals surface area contributed by atoms with Crippen LogP contribution in [0.4, 0.5) is 0 Å². The van der Waals surface area contributed by atoms with Gasteiger partial charge in [-0.2, -0.15) is 0 Å². The largest absolute Gasteiger partial charge is 0.310 e. The van der Waals surface area contributed by atoms with Gasteiger partial charge in [-0.05, 0) is 37.5 Å². The molecule has 0 aromatic carbocycles. The third-order valence-corrected chi connectivity index (χ3v) is 3.83. The number of nitrogens with zero attached hydrogens (tertiary/aromatic N) is 3. The third kappa shape index (κ3) is 2.84. The molecule has 0 saturated heterocycles. The molecule has 0 unspecified atom stereocenters. The van der Waals surface area contributed by atoms with Crippen LogP contribution < -0.4 is 5.32 Å². The van der Waals surface area contributed by atoms with Crippen LogP contribution >= 0.6 is 0 Å². The minimum absolute atomic E-state index is 0.701. The Hall–Kier alpha value is -1.68. The van der Waals surface area contributed by atoms with Crippen molar-refractivity contribution in [2.75, 3.05) is 0 Å². The van der Waals surface area contributed by atoms with Gasteiger partial charge >= 0.3 is 0 Å². The van der Waals surface area contributed by atoms with Gasteiger partial charge in [-0.15, -0.1) is 0 Å². The second-order valence-corrected chi connectivity index (χ2v) is 5.23. The molecule has 4 heteroatoms. The molecular weight excluding hydrogens is 236 g/mol. The molecule has 2 aromatic rings. The van der Waals surface area contributed by atoms with Crippen LogP contribution in [0.3, 0.4) is 0 Å². The average molecular weight is 256 g/mol. The van der Waals surface area contributed by atoms with E-state index in [2.05, 4.69) is 27.4 Å². The van der Waals surface area contributed by atoms with Gasteiger partial charge in [0, 0.05) is 31.2 Å². The molecule has 1 fully saturated rings. The molecule has 0 amide bonds. The van der Waals surface area contributed by atoms with Gasteiger partial charge in [0.2, 0.25) is 0 Å². The standard InChI is InChI=1S/C15H20N4/c1-12-16-8-9-19(12)15-10-13(6-7-17-15)11-18-14-4-2-3-5-14/h6-10,14,18H,2-5,11H2,1H3. The Bertz CT molecular complexity index is 541. The quantitative estimate of drug-likeness (QED) is 0.914. The number of aryl methyl sites for hydroxylation is 1. The molecule has 4 nitrogen and oxygen atoms in total. The summed E-state index contributed by atoms with van der Waals surface area (Å²) in [5.41, 5.74) is 1.28. The molecule has 1 N–H and O–H groups in total. The van der Waals surface area contributed by atoms with E-state index >= 15 is 0 Å². The van der Waals surface area contributed by atoms with Gasteiger partial charge in [-0.25, -0.2) is 9.97 Å². The Labute approximate surface area is 113 Å². The molecule has 2 heterocycles. The summed E-state index contributed by atoms with van der Waals surface area (Å²) in [5, 5.41) is 3.63. The lowest BCUT2D eigenvalue weighted by molar-refractivity contribution is 0.524. The van der Waals surface area contributed by atoms with Crippen molar-refractivity contribution in [1.29, 1.82) is 0 Å². The van der Waals surface area contributed by atoms with Crippen molar-refractivity contribution < 1.29 is 0 Å². The number of rotatable bonds is 4. The minimum atomic E-state index is 0.701. The maximum Gasteiger partial charge on any atom is 0.138 e. The van der Waals surface area contributed by atoms with Gasteiger partial charge in [0.1, 0.15) is 11.6 Å². The first kappa shape index (κ1) is 12.4. The van der Waals surface area contributed by atoms with Gasteiger partial charge in [-0.1, -0.05) is 12.8 Å². The topological polar surface area (TPSA) is 42.7 Å². The fourth-order valence-electron chi connectivity index (χ4n) is 2.71. The lowest BCUT2D eigenvalue weighted by atomic mass is 10.2. The van der Waals surface area contributed by atoms with Gasteiger partial charge in [0.05, 0.1) is 0 Å². The Kier molecular flexibility index (Phi) is 3.60. The van der Waals surface area contributed by atoms with Gasteiger partial charge in [0.25, 0.3) is 0 Å². The average Bonchev–Trinajstić information content (AvgIpc) is 3.08. The lowest BCUT2D eigenvalue weighted by Gasteiger charge is -2.12. The number of imidazole rings is 1. The molecule has 19 heavy (non-hydrogen) atoms. The van der Waals surface area contributed by atoms with E-state index in [9.17, 15) is 0 Å². The summed E-state index contributed by atoms with van der Waals surface area (Å²) in [6.07, 6.45) is 11.0. The first-order valence-corrected chi connectivity index (χ1v) is 7.01. The van der Waals surface area contributed by atoms with E-state index in [0.717, 1.165) is 18.2 Å². The maximum absolute atomic E-state index is 4.42. The summed E-state index contributed by atoms with van der Waals surface area (Å²) in [6.45, 7) is 2.92. The SMILES string of the molecule is Cc1nccn1-c1cc(CNC2CCCC2)ccn1. The molecule has 0 aliphatic heterocycles. The van der Waals surface area contributed by atoms with E-state index in [0.29, 0.717) is 6.04 Å². The maximum atomic E-state index is 4.42. The molecular formula is C15H20N4. The van der Waals surface area contributed by atoms with Crippen LogP contribution in [0, 0.1) is 6.92 Å². The molecule has 3 rings (SSSR count). The molecule has 100 valence electrons. The van der Waals surface area contributed by atoms with Crippen LogP contribution in [-0.2, 0) is 6.54 Å². The third-order valence-electron chi connectivity index (χ3n) is 3.83. The molecule has 2 aromatic heterocycles. The summed E-state index contributed by atoms with van der Waals surface area (Å²) in [6, 6.07) is 4.92. The highest BCUT2D eigenvalue weighted by Gasteiger charge is 2.13. The summed E-state index contributed by atoms with van der Waals surface area (Å²) < 4.78 is 2.01. The lowest BCUT2D eigenvalue weighted by Crippen LogP contribution is -2.25. The zero-order valence-electron chi connectivity index (χ0n) is 11.3. The smallest absolute Gasteiger partial charge is 0.138 e. The van der Waals surface area contributed by atoms with Gasteiger partial charge < -0.3 is 5.32 Å². The number of aromatic nitrogens is 3. The fourth-order valence-corrected chi connectivity index (χ4v) is 2.71. The Morgan fingerprint density at radius 1 is 1.26 bits per heavy atom. The highest BCUT2D eigenvalue weighted by molar-refractivity contribution is 5.29. The molecule has 1 aliphatic carbocycles. The monoisotopic (exact) mass is 256 g/mol. The Morgan fingerprint density at radius 2 is 2.11 bits per heavy atom. The van der Waals surface area contributed by atoms with Crippen LogP contribution in [0.2, 0.25) is 0 Å². The van der Waals surface area contributed by atoms with E-state index in [-0.39, 0.29) is 0 Å². The molecule has 0 spiro atoms. The summed E-state index contributed by atoms with van der Waals surface area (Å²) >= 11 is 0. The van der Waals surface area contributed by atoms with Crippen molar-refractivity contribution in [3.05, 3.63) is 42.1 Å². The molecule has 1 saturated carbocycles. The van der Waals surface area contributed by atoms with Crippen molar-refractivity contribution >= 4 is 0 Å². The van der Waals surface area contributed by atoms with Gasteiger partial charge in [0.15, 0.2) is 0 Å². The molecule has 1 aliphatic rings. The first-order chi connectivity index (χ1) is 9.33. The van der Waals surface area contributed by atoms with Crippen molar-refractivity contribution in [1.82, 2.24) is 19.9 Å². The van der Waals surface area contributed by atoms with E-state index < -0.39 is 0 Å². The van der Waals surface area contributed by atoms with Crippen LogP contribution in [0.1, 0.15) is 37.1 Å². The summed E-state index contributed by atoms with van der Waals surface area (Å²) in [5.74, 6) is 1.91. The Morgan fingerprint density at radius 3 is 2.84 bits per heavy atom. The second-order valence-electron chi connectivity index (χ2n) is 5.23. The number of nitrogens with one attached hydrogen (secondary N) is 1. The van der Waals surface area contributed by atoms with E-state index in [1.807, 2.05) is 23.9 Å². The molecule has 0 radical (unpaired) electrons. The van der Waals surface area contributed by atoms with E-state index in [1.165, 1.54) is 31.2 Å². The zero-order chi connectivity index (χ0) is 13.1. The van der Waals surface area contributed by atoms with Gasteiger partial charge in [-0.3, -0.25) is 4.57 Å². The predicted octanol–water partition coefficient (Wildman–Crippen LogP) is 2.61. The van der Waals surface area contributed by atoms with E-state index in [4.69, 9.17) is 0 Å². The van der Waals surface area contributed by atoms with Crippen molar-refractivity contribution in [3.63, 3.8) is 0 Å². The zero-order valence-corrected chi connectivity index (χ0v) is 11.3. The summed E-state index contributed by atoms with van der Waals surface area (Å²) in [7, 11) is 0. The normalized spacial score (nSPS) is 16.1. The minimum Gasteiger partial charge on any atom is -0.310 e. The number of hydrogen-bond acceptors (Lipinski definition) is 3. The van der Waals surface area contributed by atoms with Crippen LogP contribution in [0.15, 0.2) is 30.7 Å². The fraction of sp³-hybridized carbons (Fsp3) is 0.467. The Balaban J connectivity index is 1.71. The van der Waals surface area contributed by atoms with Crippen LogP contribution in [0.25, 0.3) is 5.82 Å². The number of pyridine rings is 1. The highest BCUT2D eigenvalue weighted by atomic mass is 15.1. The van der Waals surface area contributed by atoms with Crippen molar-refractivity contribution in [2.45, 2.75) is 45.2 Å². The highest BCUT2D eigenvalue weighted by Crippen LogP contribution is 2.18. The van der Waals surface area contributed by atoms with E-state index in [1.54, 1.807) is 6.20 Å². The van der Waals surface area contributed by atoms with Crippen LogP contribution in [-0.4, -0.2) is 20.6 Å². The van der Waals surface area contributed by atoms with Crippen LogP contribution in [0.5, 0.6) is 0 Å².